The molecule has 3 nitrogen and oxygen atoms in total. The maximum Gasteiger partial charge on any atom is 0.306 e. The van der Waals surface area contributed by atoms with Crippen molar-refractivity contribution >= 4 is 5.97 Å². The van der Waals surface area contributed by atoms with Crippen molar-refractivity contribution in [3.05, 3.63) is 0 Å². The number of esters is 1. The van der Waals surface area contributed by atoms with Gasteiger partial charge in [-0.15, -0.1) is 0 Å². The van der Waals surface area contributed by atoms with Gasteiger partial charge < -0.3 is 10.1 Å². The van der Waals surface area contributed by atoms with Gasteiger partial charge in [-0.1, -0.05) is 19.8 Å². The lowest BCUT2D eigenvalue weighted by molar-refractivity contribution is -0.151. The number of piperidine rings is 1. The lowest BCUT2D eigenvalue weighted by Gasteiger charge is -2.27. The highest BCUT2D eigenvalue weighted by molar-refractivity contribution is 5.69. The maximum absolute atomic E-state index is 11.8. The van der Waals surface area contributed by atoms with E-state index in [-0.39, 0.29) is 12.1 Å². The van der Waals surface area contributed by atoms with E-state index in [1.54, 1.807) is 0 Å². The molecule has 104 valence electrons. The Balaban J connectivity index is 1.62. The van der Waals surface area contributed by atoms with Crippen LogP contribution in [-0.2, 0) is 9.53 Å². The van der Waals surface area contributed by atoms with E-state index >= 15 is 0 Å². The van der Waals surface area contributed by atoms with Gasteiger partial charge in [0.1, 0.15) is 6.10 Å². The minimum Gasteiger partial charge on any atom is -0.462 e. The molecule has 2 aliphatic rings. The van der Waals surface area contributed by atoms with Crippen molar-refractivity contribution in [1.29, 1.82) is 0 Å². The molecule has 1 saturated carbocycles. The summed E-state index contributed by atoms with van der Waals surface area (Å²) in [5, 5.41) is 3.48. The Morgan fingerprint density at radius 2 is 2.11 bits per heavy atom. The fraction of sp³-hybridized carbons (Fsp3) is 0.933. The van der Waals surface area contributed by atoms with Crippen molar-refractivity contribution in [2.24, 2.45) is 5.92 Å². The van der Waals surface area contributed by atoms with Crippen LogP contribution in [0.5, 0.6) is 0 Å². The second kappa shape index (κ2) is 7.13. The van der Waals surface area contributed by atoms with Crippen LogP contribution in [0, 0.1) is 5.92 Å². The van der Waals surface area contributed by atoms with Crippen LogP contribution in [0.1, 0.15) is 64.7 Å². The molecule has 2 rings (SSSR count). The van der Waals surface area contributed by atoms with Gasteiger partial charge in [0.2, 0.25) is 0 Å². The van der Waals surface area contributed by atoms with Crippen LogP contribution in [0.3, 0.4) is 0 Å². The van der Waals surface area contributed by atoms with Crippen molar-refractivity contribution in [3.8, 4) is 0 Å². The third kappa shape index (κ3) is 4.60. The molecule has 1 heterocycles. The summed E-state index contributed by atoms with van der Waals surface area (Å²) in [5.41, 5.74) is 0. The summed E-state index contributed by atoms with van der Waals surface area (Å²) < 4.78 is 5.59. The van der Waals surface area contributed by atoms with Crippen molar-refractivity contribution < 1.29 is 9.53 Å². The van der Waals surface area contributed by atoms with Gasteiger partial charge in [0.15, 0.2) is 0 Å². The van der Waals surface area contributed by atoms with Gasteiger partial charge in [0.25, 0.3) is 0 Å². The highest BCUT2D eigenvalue weighted by Gasteiger charge is 2.22. The van der Waals surface area contributed by atoms with Gasteiger partial charge >= 0.3 is 5.97 Å². The number of carbonyl (C=O) groups is 1. The first-order chi connectivity index (χ1) is 8.74. The van der Waals surface area contributed by atoms with E-state index in [4.69, 9.17) is 4.74 Å². The molecule has 0 aromatic carbocycles. The normalized spacial score (nSPS) is 33.1. The van der Waals surface area contributed by atoms with E-state index in [1.807, 2.05) is 0 Å². The largest absolute Gasteiger partial charge is 0.462 e. The highest BCUT2D eigenvalue weighted by Crippen LogP contribution is 2.26. The Morgan fingerprint density at radius 1 is 1.22 bits per heavy atom. The molecule has 3 heteroatoms. The summed E-state index contributed by atoms with van der Waals surface area (Å²) in [7, 11) is 0. The Bertz CT molecular complexity index is 261. The van der Waals surface area contributed by atoms with Gasteiger partial charge in [-0.05, 0) is 51.0 Å². The third-order valence-electron chi connectivity index (χ3n) is 4.30. The molecule has 1 aliphatic heterocycles. The molecule has 1 saturated heterocycles. The maximum atomic E-state index is 11.8. The van der Waals surface area contributed by atoms with Crippen LogP contribution in [0.4, 0.5) is 0 Å². The molecular formula is C15H27NO2. The molecule has 2 fully saturated rings. The summed E-state index contributed by atoms with van der Waals surface area (Å²) in [5.74, 6) is 0.734. The standard InChI is InChI=1S/C15H27NO2/c1-12-5-4-7-14(11-12)18-15(17)9-8-13-6-2-3-10-16-13/h12-14,16H,2-11H2,1H3. The number of ether oxygens (including phenoxy) is 1. The third-order valence-corrected chi connectivity index (χ3v) is 4.30. The molecule has 0 amide bonds. The predicted octanol–water partition coefficient (Wildman–Crippen LogP) is 3.03. The number of rotatable bonds is 4. The summed E-state index contributed by atoms with van der Waals surface area (Å²) in [6.45, 7) is 3.37. The SMILES string of the molecule is CC1CCCC(OC(=O)CCC2CCCCN2)C1. The molecular weight excluding hydrogens is 226 g/mol. The van der Waals surface area contributed by atoms with E-state index < -0.39 is 0 Å². The number of hydrogen-bond acceptors (Lipinski definition) is 3. The Morgan fingerprint density at radius 3 is 2.83 bits per heavy atom. The quantitative estimate of drug-likeness (QED) is 0.783. The van der Waals surface area contributed by atoms with E-state index in [9.17, 15) is 4.79 Å². The first-order valence-corrected chi connectivity index (χ1v) is 7.67. The molecule has 18 heavy (non-hydrogen) atoms. The van der Waals surface area contributed by atoms with Crippen LogP contribution in [-0.4, -0.2) is 24.7 Å². The minimum absolute atomic E-state index is 0.0153. The van der Waals surface area contributed by atoms with E-state index in [2.05, 4.69) is 12.2 Å². The number of hydrogen-bond donors (Lipinski definition) is 1. The second-order valence-electron chi connectivity index (χ2n) is 6.07. The van der Waals surface area contributed by atoms with Gasteiger partial charge in [-0.25, -0.2) is 0 Å². The van der Waals surface area contributed by atoms with Gasteiger partial charge in [0, 0.05) is 12.5 Å². The molecule has 0 radical (unpaired) electrons. The van der Waals surface area contributed by atoms with Gasteiger partial charge in [0.05, 0.1) is 0 Å². The van der Waals surface area contributed by atoms with Crippen molar-refractivity contribution in [2.75, 3.05) is 6.54 Å². The van der Waals surface area contributed by atoms with Crippen LogP contribution < -0.4 is 5.32 Å². The van der Waals surface area contributed by atoms with Gasteiger partial charge in [-0.3, -0.25) is 4.79 Å². The molecule has 0 aromatic heterocycles. The Kier molecular flexibility index (Phi) is 5.48. The summed E-state index contributed by atoms with van der Waals surface area (Å²) in [4.78, 5) is 11.8. The fourth-order valence-corrected chi connectivity index (χ4v) is 3.19. The highest BCUT2D eigenvalue weighted by atomic mass is 16.5. The van der Waals surface area contributed by atoms with Crippen molar-refractivity contribution in [1.82, 2.24) is 5.32 Å². The smallest absolute Gasteiger partial charge is 0.306 e. The Labute approximate surface area is 111 Å². The van der Waals surface area contributed by atoms with Crippen LogP contribution in [0.25, 0.3) is 0 Å². The molecule has 1 N–H and O–H groups in total. The minimum atomic E-state index is 0.0153. The zero-order valence-electron chi connectivity index (χ0n) is 11.6. The van der Waals surface area contributed by atoms with E-state index in [0.717, 1.165) is 31.7 Å². The molecule has 0 aromatic rings. The summed E-state index contributed by atoms with van der Waals surface area (Å²) in [6, 6.07) is 0.538. The topological polar surface area (TPSA) is 38.3 Å². The van der Waals surface area contributed by atoms with Crippen LogP contribution in [0.2, 0.25) is 0 Å². The fourth-order valence-electron chi connectivity index (χ4n) is 3.19. The number of nitrogens with one attached hydrogen (secondary N) is 1. The molecule has 0 spiro atoms. The summed E-state index contributed by atoms with van der Waals surface area (Å²) in [6.07, 6.45) is 10.2. The van der Waals surface area contributed by atoms with Crippen molar-refractivity contribution in [2.45, 2.75) is 76.9 Å². The molecule has 3 atom stereocenters. The zero-order valence-corrected chi connectivity index (χ0v) is 11.6. The van der Waals surface area contributed by atoms with E-state index in [1.165, 1.54) is 32.1 Å². The molecule has 3 unspecified atom stereocenters. The lowest BCUT2D eigenvalue weighted by Crippen LogP contribution is -2.34. The van der Waals surface area contributed by atoms with Crippen LogP contribution in [0.15, 0.2) is 0 Å². The average molecular weight is 253 g/mol. The second-order valence-corrected chi connectivity index (χ2v) is 6.07. The first-order valence-electron chi connectivity index (χ1n) is 7.67. The predicted molar refractivity (Wildman–Crippen MR) is 72.4 cm³/mol. The first kappa shape index (κ1) is 13.9. The molecule has 0 bridgehead atoms. The zero-order chi connectivity index (χ0) is 12.8. The monoisotopic (exact) mass is 253 g/mol. The average Bonchev–Trinajstić information content (AvgIpc) is 2.38. The van der Waals surface area contributed by atoms with E-state index in [0.29, 0.717) is 12.5 Å². The number of carbonyl (C=O) groups excluding carboxylic acids is 1. The Hall–Kier alpha value is -0.570. The molecule has 1 aliphatic carbocycles. The van der Waals surface area contributed by atoms with Crippen LogP contribution >= 0.6 is 0 Å². The summed E-state index contributed by atoms with van der Waals surface area (Å²) >= 11 is 0. The lowest BCUT2D eigenvalue weighted by atomic mass is 9.89. The van der Waals surface area contributed by atoms with Gasteiger partial charge in [-0.2, -0.15) is 0 Å². The van der Waals surface area contributed by atoms with Crippen molar-refractivity contribution in [3.63, 3.8) is 0 Å².